The van der Waals surface area contributed by atoms with Gasteiger partial charge in [0.15, 0.2) is 11.5 Å². The first-order valence-corrected chi connectivity index (χ1v) is 9.47. The van der Waals surface area contributed by atoms with Crippen molar-refractivity contribution < 1.29 is 28.6 Å². The number of ether oxygens (including phenoxy) is 3. The molecule has 4 rings (SSSR count). The minimum atomic E-state index is -1.26. The van der Waals surface area contributed by atoms with Crippen molar-refractivity contribution in [3.05, 3.63) is 48.0 Å². The van der Waals surface area contributed by atoms with Crippen LogP contribution >= 0.6 is 0 Å². The molecule has 0 radical (unpaired) electrons. The second kappa shape index (κ2) is 7.58. The predicted octanol–water partition coefficient (Wildman–Crippen LogP) is 2.22. The SMILES string of the molecule is CCOc1ccc([C@@]2(C)NC(=O)N(CC(=O)Nc3ccc4c(c3)OCO4)C2=O)cc1. The number of amides is 4. The minimum absolute atomic E-state index is 0.124. The summed E-state index contributed by atoms with van der Waals surface area (Å²) >= 11 is 0. The van der Waals surface area contributed by atoms with E-state index in [-0.39, 0.29) is 6.79 Å². The first kappa shape index (κ1) is 19.6. The number of urea groups is 1. The number of anilines is 1. The van der Waals surface area contributed by atoms with Crippen LogP contribution in [-0.4, -0.2) is 42.7 Å². The highest BCUT2D eigenvalue weighted by Gasteiger charge is 2.49. The molecule has 9 heteroatoms. The standard InChI is InChI=1S/C21H21N3O6/c1-3-28-15-7-4-13(5-8-15)21(2)19(26)24(20(27)23-21)11-18(25)22-14-6-9-16-17(10-14)30-12-29-16/h4-10H,3,11-12H2,1-2H3,(H,22,25)(H,23,27)/t21-/m1/s1. The summed E-state index contributed by atoms with van der Waals surface area (Å²) in [7, 11) is 0. The van der Waals surface area contributed by atoms with Gasteiger partial charge in [0.25, 0.3) is 5.91 Å². The normalized spacial score (nSPS) is 19.6. The Bertz CT molecular complexity index is 1010. The molecule has 1 atom stereocenters. The molecule has 0 aliphatic carbocycles. The lowest BCUT2D eigenvalue weighted by atomic mass is 9.92. The number of carbonyl (C=O) groups is 3. The molecular weight excluding hydrogens is 390 g/mol. The van der Waals surface area contributed by atoms with Gasteiger partial charge >= 0.3 is 6.03 Å². The second-order valence-corrected chi connectivity index (χ2v) is 7.02. The van der Waals surface area contributed by atoms with E-state index < -0.39 is 29.9 Å². The topological polar surface area (TPSA) is 106 Å². The van der Waals surface area contributed by atoms with Gasteiger partial charge in [-0.3, -0.25) is 14.5 Å². The Balaban J connectivity index is 1.45. The molecule has 1 saturated heterocycles. The Labute approximate surface area is 172 Å². The van der Waals surface area contributed by atoms with Crippen molar-refractivity contribution in [1.29, 1.82) is 0 Å². The van der Waals surface area contributed by atoms with E-state index in [2.05, 4.69) is 10.6 Å². The molecule has 0 bridgehead atoms. The van der Waals surface area contributed by atoms with Crippen LogP contribution in [0.15, 0.2) is 42.5 Å². The molecule has 4 amide bonds. The van der Waals surface area contributed by atoms with Gasteiger partial charge in [-0.05, 0) is 43.7 Å². The van der Waals surface area contributed by atoms with Crippen molar-refractivity contribution in [2.24, 2.45) is 0 Å². The van der Waals surface area contributed by atoms with Crippen LogP contribution in [0.3, 0.4) is 0 Å². The maximum Gasteiger partial charge on any atom is 0.325 e. The van der Waals surface area contributed by atoms with E-state index in [1.54, 1.807) is 49.4 Å². The largest absolute Gasteiger partial charge is 0.494 e. The summed E-state index contributed by atoms with van der Waals surface area (Å²) in [5.74, 6) is 0.770. The summed E-state index contributed by atoms with van der Waals surface area (Å²) in [6.07, 6.45) is 0. The summed E-state index contributed by atoms with van der Waals surface area (Å²) in [5.41, 5.74) is -0.186. The highest BCUT2D eigenvalue weighted by Crippen LogP contribution is 2.34. The molecule has 0 unspecified atom stereocenters. The number of imide groups is 1. The monoisotopic (exact) mass is 411 g/mol. The fraction of sp³-hybridized carbons (Fsp3) is 0.286. The number of rotatable bonds is 6. The molecule has 2 aliphatic heterocycles. The molecule has 2 aliphatic rings. The van der Waals surface area contributed by atoms with Gasteiger partial charge in [0, 0.05) is 11.8 Å². The fourth-order valence-electron chi connectivity index (χ4n) is 3.41. The maximum atomic E-state index is 13.0. The van der Waals surface area contributed by atoms with Crippen molar-refractivity contribution in [1.82, 2.24) is 10.2 Å². The number of fused-ring (bicyclic) bond motifs is 1. The summed E-state index contributed by atoms with van der Waals surface area (Å²) in [5, 5.41) is 5.34. The molecule has 1 fully saturated rings. The summed E-state index contributed by atoms with van der Waals surface area (Å²) in [6, 6.07) is 11.2. The molecule has 2 aromatic carbocycles. The molecule has 2 N–H and O–H groups in total. The molecule has 156 valence electrons. The van der Waals surface area contributed by atoms with Crippen LogP contribution in [0.2, 0.25) is 0 Å². The molecule has 30 heavy (non-hydrogen) atoms. The average Bonchev–Trinajstić information content (AvgIpc) is 3.27. The second-order valence-electron chi connectivity index (χ2n) is 7.02. The van der Waals surface area contributed by atoms with Crippen molar-refractivity contribution in [3.8, 4) is 17.2 Å². The Morgan fingerprint density at radius 3 is 2.63 bits per heavy atom. The zero-order chi connectivity index (χ0) is 21.3. The van der Waals surface area contributed by atoms with Gasteiger partial charge in [-0.15, -0.1) is 0 Å². The van der Waals surface area contributed by atoms with Crippen LogP contribution in [0.1, 0.15) is 19.4 Å². The number of nitrogens with zero attached hydrogens (tertiary/aromatic N) is 1. The number of benzene rings is 2. The van der Waals surface area contributed by atoms with E-state index in [1.807, 2.05) is 6.92 Å². The van der Waals surface area contributed by atoms with E-state index >= 15 is 0 Å². The van der Waals surface area contributed by atoms with Crippen LogP contribution < -0.4 is 24.8 Å². The van der Waals surface area contributed by atoms with Gasteiger partial charge in [-0.2, -0.15) is 0 Å². The van der Waals surface area contributed by atoms with E-state index in [0.29, 0.717) is 35.1 Å². The third kappa shape index (κ3) is 3.49. The highest BCUT2D eigenvalue weighted by atomic mass is 16.7. The van der Waals surface area contributed by atoms with Crippen molar-refractivity contribution in [2.75, 3.05) is 25.3 Å². The van der Waals surface area contributed by atoms with Gasteiger partial charge in [0.1, 0.15) is 17.8 Å². The minimum Gasteiger partial charge on any atom is -0.494 e. The van der Waals surface area contributed by atoms with Gasteiger partial charge in [-0.25, -0.2) is 4.79 Å². The average molecular weight is 411 g/mol. The van der Waals surface area contributed by atoms with Crippen LogP contribution in [0.25, 0.3) is 0 Å². The lowest BCUT2D eigenvalue weighted by Gasteiger charge is -2.22. The van der Waals surface area contributed by atoms with Crippen LogP contribution in [-0.2, 0) is 15.1 Å². The lowest BCUT2D eigenvalue weighted by Crippen LogP contribution is -2.42. The first-order chi connectivity index (χ1) is 14.4. The number of carbonyl (C=O) groups excluding carboxylic acids is 3. The van der Waals surface area contributed by atoms with Crippen LogP contribution in [0, 0.1) is 0 Å². The van der Waals surface area contributed by atoms with Crippen molar-refractivity contribution in [3.63, 3.8) is 0 Å². The molecule has 0 saturated carbocycles. The van der Waals surface area contributed by atoms with Gasteiger partial charge in [0.05, 0.1) is 6.61 Å². The third-order valence-corrected chi connectivity index (χ3v) is 4.98. The molecule has 9 nitrogen and oxygen atoms in total. The molecular formula is C21H21N3O6. The Morgan fingerprint density at radius 1 is 1.17 bits per heavy atom. The fourth-order valence-corrected chi connectivity index (χ4v) is 3.41. The zero-order valence-electron chi connectivity index (χ0n) is 16.6. The Kier molecular flexibility index (Phi) is 4.94. The number of nitrogens with one attached hydrogen (secondary N) is 2. The van der Waals surface area contributed by atoms with Gasteiger partial charge in [0.2, 0.25) is 12.7 Å². The van der Waals surface area contributed by atoms with E-state index in [9.17, 15) is 14.4 Å². The number of hydrogen-bond acceptors (Lipinski definition) is 6. The highest BCUT2D eigenvalue weighted by molar-refractivity contribution is 6.10. The molecule has 0 aromatic heterocycles. The summed E-state index contributed by atoms with van der Waals surface area (Å²) in [6.45, 7) is 3.73. The van der Waals surface area contributed by atoms with E-state index in [1.165, 1.54) is 0 Å². The van der Waals surface area contributed by atoms with Gasteiger partial charge in [-0.1, -0.05) is 12.1 Å². The zero-order valence-corrected chi connectivity index (χ0v) is 16.6. The smallest absolute Gasteiger partial charge is 0.325 e. The molecule has 2 heterocycles. The predicted molar refractivity (Wildman–Crippen MR) is 106 cm³/mol. The van der Waals surface area contributed by atoms with Crippen LogP contribution in [0.4, 0.5) is 10.5 Å². The van der Waals surface area contributed by atoms with E-state index in [0.717, 1.165) is 4.90 Å². The summed E-state index contributed by atoms with van der Waals surface area (Å²) in [4.78, 5) is 38.8. The van der Waals surface area contributed by atoms with Crippen molar-refractivity contribution >= 4 is 23.5 Å². The van der Waals surface area contributed by atoms with E-state index in [4.69, 9.17) is 14.2 Å². The maximum absolute atomic E-state index is 13.0. The number of hydrogen-bond donors (Lipinski definition) is 2. The molecule has 2 aromatic rings. The molecule has 0 spiro atoms. The third-order valence-electron chi connectivity index (χ3n) is 4.98. The summed E-state index contributed by atoms with van der Waals surface area (Å²) < 4.78 is 15.9. The lowest BCUT2D eigenvalue weighted by molar-refractivity contribution is -0.133. The van der Waals surface area contributed by atoms with Crippen molar-refractivity contribution in [2.45, 2.75) is 19.4 Å². The Morgan fingerprint density at radius 2 is 1.90 bits per heavy atom. The quantitative estimate of drug-likeness (QED) is 0.706. The Hall–Kier alpha value is -3.75. The van der Waals surface area contributed by atoms with Crippen LogP contribution in [0.5, 0.6) is 17.2 Å². The van der Waals surface area contributed by atoms with Gasteiger partial charge < -0.3 is 24.8 Å². The first-order valence-electron chi connectivity index (χ1n) is 9.47.